The molecule has 2 aliphatic heterocycles. The Balaban J connectivity index is 1.69. The number of nitrogens with zero attached hydrogens (tertiary/aromatic N) is 2. The summed E-state index contributed by atoms with van der Waals surface area (Å²) < 4.78 is 5.59. The van der Waals surface area contributed by atoms with E-state index in [0.29, 0.717) is 6.54 Å². The molecule has 0 radical (unpaired) electrons. The largest absolute Gasteiger partial charge is 0.374 e. The summed E-state index contributed by atoms with van der Waals surface area (Å²) in [7, 11) is 2.27. The molecule has 4 nitrogen and oxygen atoms in total. The minimum absolute atomic E-state index is 0.257. The van der Waals surface area contributed by atoms with E-state index >= 15 is 0 Å². The maximum Gasteiger partial charge on any atom is 0.0824 e. The molecule has 4 heteroatoms. The predicted molar refractivity (Wildman–Crippen MR) is 70.1 cm³/mol. The zero-order valence-corrected chi connectivity index (χ0v) is 11.1. The normalized spacial score (nSPS) is 32.8. The summed E-state index contributed by atoms with van der Waals surface area (Å²) in [5.74, 6) is 0. The molecule has 2 fully saturated rings. The van der Waals surface area contributed by atoms with Gasteiger partial charge in [0.05, 0.1) is 12.7 Å². The van der Waals surface area contributed by atoms with E-state index in [1.54, 1.807) is 0 Å². The van der Waals surface area contributed by atoms with Crippen LogP contribution in [-0.2, 0) is 4.74 Å². The summed E-state index contributed by atoms with van der Waals surface area (Å²) >= 11 is 0. The highest BCUT2D eigenvalue weighted by atomic mass is 16.5. The first-order valence-corrected chi connectivity index (χ1v) is 7.04. The van der Waals surface area contributed by atoms with E-state index in [9.17, 15) is 0 Å². The number of likely N-dealkylation sites (tertiary alicyclic amines) is 1. The van der Waals surface area contributed by atoms with Crippen LogP contribution in [0.4, 0.5) is 0 Å². The molecule has 0 aromatic carbocycles. The quantitative estimate of drug-likeness (QED) is 0.779. The summed E-state index contributed by atoms with van der Waals surface area (Å²) in [6.45, 7) is 6.08. The van der Waals surface area contributed by atoms with Gasteiger partial charge in [0.1, 0.15) is 0 Å². The molecule has 17 heavy (non-hydrogen) atoms. The molecule has 2 atom stereocenters. The van der Waals surface area contributed by atoms with E-state index in [1.165, 1.54) is 38.8 Å². The average molecular weight is 241 g/mol. The van der Waals surface area contributed by atoms with Crippen LogP contribution in [0, 0.1) is 0 Å². The van der Waals surface area contributed by atoms with Crippen molar-refractivity contribution in [2.75, 3.05) is 46.4 Å². The fourth-order valence-corrected chi connectivity index (χ4v) is 2.97. The second-order valence-corrected chi connectivity index (χ2v) is 5.45. The number of piperidine rings is 1. The Bertz CT molecular complexity index is 225. The molecule has 0 aromatic rings. The van der Waals surface area contributed by atoms with Crippen molar-refractivity contribution in [1.29, 1.82) is 0 Å². The molecule has 0 aliphatic carbocycles. The molecule has 0 spiro atoms. The predicted octanol–water partition coefficient (Wildman–Crippen LogP) is 0.520. The van der Waals surface area contributed by atoms with Crippen molar-refractivity contribution in [1.82, 2.24) is 9.80 Å². The minimum Gasteiger partial charge on any atom is -0.374 e. The average Bonchev–Trinajstić information content (AvgIpc) is 2.38. The SMILES string of the molecule is CN1CCCCC1CCN1CCOC(CN)C1. The van der Waals surface area contributed by atoms with Gasteiger partial charge in [-0.15, -0.1) is 0 Å². The number of nitrogens with two attached hydrogens (primary N) is 1. The number of hydrogen-bond acceptors (Lipinski definition) is 4. The van der Waals surface area contributed by atoms with E-state index in [-0.39, 0.29) is 6.10 Å². The molecule has 0 bridgehead atoms. The lowest BCUT2D eigenvalue weighted by molar-refractivity contribution is -0.0257. The van der Waals surface area contributed by atoms with Crippen LogP contribution in [0.3, 0.4) is 0 Å². The summed E-state index contributed by atoms with van der Waals surface area (Å²) in [5.41, 5.74) is 5.67. The monoisotopic (exact) mass is 241 g/mol. The van der Waals surface area contributed by atoms with Gasteiger partial charge in [-0.25, -0.2) is 0 Å². The van der Waals surface area contributed by atoms with Crippen LogP contribution in [0.5, 0.6) is 0 Å². The van der Waals surface area contributed by atoms with Gasteiger partial charge in [0.25, 0.3) is 0 Å². The van der Waals surface area contributed by atoms with Crippen molar-refractivity contribution in [2.45, 2.75) is 37.8 Å². The first-order valence-electron chi connectivity index (χ1n) is 7.04. The van der Waals surface area contributed by atoms with Crippen molar-refractivity contribution < 1.29 is 4.74 Å². The zero-order valence-electron chi connectivity index (χ0n) is 11.1. The summed E-state index contributed by atoms with van der Waals surface area (Å²) in [4.78, 5) is 5.05. The lowest BCUT2D eigenvalue weighted by Crippen LogP contribution is -2.47. The maximum atomic E-state index is 5.67. The summed E-state index contributed by atoms with van der Waals surface area (Å²) in [5, 5.41) is 0. The smallest absolute Gasteiger partial charge is 0.0824 e. The Morgan fingerprint density at radius 2 is 2.18 bits per heavy atom. The molecular formula is C13H27N3O. The summed E-state index contributed by atoms with van der Waals surface area (Å²) in [6.07, 6.45) is 5.71. The molecule has 2 heterocycles. The van der Waals surface area contributed by atoms with Gasteiger partial charge in [-0.05, 0) is 39.4 Å². The van der Waals surface area contributed by atoms with Crippen molar-refractivity contribution in [2.24, 2.45) is 5.73 Å². The van der Waals surface area contributed by atoms with E-state index < -0.39 is 0 Å². The first-order chi connectivity index (χ1) is 8.29. The Hall–Kier alpha value is -0.160. The van der Waals surface area contributed by atoms with Gasteiger partial charge in [-0.2, -0.15) is 0 Å². The third kappa shape index (κ3) is 3.91. The number of ether oxygens (including phenoxy) is 1. The second kappa shape index (κ2) is 6.69. The van der Waals surface area contributed by atoms with Gasteiger partial charge < -0.3 is 15.4 Å². The Kier molecular flexibility index (Phi) is 5.22. The molecule has 2 aliphatic rings. The first kappa shape index (κ1) is 13.3. The Morgan fingerprint density at radius 1 is 1.29 bits per heavy atom. The third-order valence-electron chi connectivity index (χ3n) is 4.19. The van der Waals surface area contributed by atoms with Crippen molar-refractivity contribution in [3.63, 3.8) is 0 Å². The molecule has 0 saturated carbocycles. The highest BCUT2D eigenvalue weighted by Crippen LogP contribution is 2.18. The standard InChI is InChI=1S/C13H27N3O/c1-15-6-3-2-4-12(15)5-7-16-8-9-17-13(10-14)11-16/h12-13H,2-11,14H2,1H3. The second-order valence-electron chi connectivity index (χ2n) is 5.45. The third-order valence-corrected chi connectivity index (χ3v) is 4.19. The van der Waals surface area contributed by atoms with Crippen molar-refractivity contribution >= 4 is 0 Å². The topological polar surface area (TPSA) is 41.7 Å². The number of hydrogen-bond donors (Lipinski definition) is 1. The molecular weight excluding hydrogens is 214 g/mol. The molecule has 0 aromatic heterocycles. The molecule has 2 rings (SSSR count). The molecule has 100 valence electrons. The fraction of sp³-hybridized carbons (Fsp3) is 1.00. The Morgan fingerprint density at radius 3 is 2.94 bits per heavy atom. The highest BCUT2D eigenvalue weighted by molar-refractivity contribution is 4.78. The van der Waals surface area contributed by atoms with Crippen molar-refractivity contribution in [3.05, 3.63) is 0 Å². The lowest BCUT2D eigenvalue weighted by atomic mass is 10.00. The van der Waals surface area contributed by atoms with Crippen LogP contribution in [0.1, 0.15) is 25.7 Å². The maximum absolute atomic E-state index is 5.67. The van der Waals surface area contributed by atoms with Gasteiger partial charge >= 0.3 is 0 Å². The van der Waals surface area contributed by atoms with Gasteiger partial charge in [-0.1, -0.05) is 6.42 Å². The number of rotatable bonds is 4. The van der Waals surface area contributed by atoms with Gasteiger partial charge in [0.15, 0.2) is 0 Å². The van der Waals surface area contributed by atoms with Crippen LogP contribution in [0.2, 0.25) is 0 Å². The van der Waals surface area contributed by atoms with Crippen LogP contribution in [-0.4, -0.2) is 68.3 Å². The van der Waals surface area contributed by atoms with E-state index in [0.717, 1.165) is 25.7 Å². The Labute approximate surface area is 105 Å². The molecule has 2 unspecified atom stereocenters. The molecule has 2 N–H and O–H groups in total. The van der Waals surface area contributed by atoms with Gasteiger partial charge in [-0.3, -0.25) is 4.90 Å². The zero-order chi connectivity index (χ0) is 12.1. The van der Waals surface area contributed by atoms with Crippen LogP contribution < -0.4 is 5.73 Å². The molecule has 2 saturated heterocycles. The van der Waals surface area contributed by atoms with E-state index in [2.05, 4.69) is 16.8 Å². The molecule has 0 amide bonds. The fourth-order valence-electron chi connectivity index (χ4n) is 2.97. The van der Waals surface area contributed by atoms with Gasteiger partial charge in [0.2, 0.25) is 0 Å². The van der Waals surface area contributed by atoms with Crippen LogP contribution >= 0.6 is 0 Å². The van der Waals surface area contributed by atoms with E-state index in [1.807, 2.05) is 0 Å². The minimum atomic E-state index is 0.257. The van der Waals surface area contributed by atoms with Crippen LogP contribution in [0.25, 0.3) is 0 Å². The lowest BCUT2D eigenvalue weighted by Gasteiger charge is -2.36. The summed E-state index contributed by atoms with van der Waals surface area (Å²) in [6, 6.07) is 0.794. The highest BCUT2D eigenvalue weighted by Gasteiger charge is 2.22. The van der Waals surface area contributed by atoms with Gasteiger partial charge in [0, 0.05) is 25.7 Å². The van der Waals surface area contributed by atoms with Crippen molar-refractivity contribution in [3.8, 4) is 0 Å². The number of morpholine rings is 1. The van der Waals surface area contributed by atoms with E-state index in [4.69, 9.17) is 10.5 Å². The van der Waals surface area contributed by atoms with Crippen LogP contribution in [0.15, 0.2) is 0 Å².